The number of hydrogen-bond donors (Lipinski definition) is 0. The van der Waals surface area contributed by atoms with Crippen molar-refractivity contribution in [1.29, 1.82) is 0 Å². The molecule has 0 bridgehead atoms. The topological polar surface area (TPSA) is 0 Å². The predicted octanol–water partition coefficient (Wildman–Crippen LogP) is 10.2. The molecule has 0 aromatic heterocycles. The Bertz CT molecular complexity index is 565. The molecule has 2 aromatic rings. The van der Waals surface area contributed by atoms with E-state index >= 15 is 0 Å². The summed E-state index contributed by atoms with van der Waals surface area (Å²) in [6.45, 7) is 18.9. The second-order valence-electron chi connectivity index (χ2n) is 7.54. The quantitative estimate of drug-likeness (QED) is 0.385. The molecule has 0 heteroatoms. The van der Waals surface area contributed by atoms with Crippen LogP contribution in [-0.2, 0) is 12.8 Å². The van der Waals surface area contributed by atoms with Crippen molar-refractivity contribution in [2.24, 2.45) is 5.92 Å². The molecule has 30 heavy (non-hydrogen) atoms. The van der Waals surface area contributed by atoms with Gasteiger partial charge in [-0.05, 0) is 41.9 Å². The summed E-state index contributed by atoms with van der Waals surface area (Å²) >= 11 is 0. The zero-order chi connectivity index (χ0) is 23.0. The highest BCUT2D eigenvalue weighted by molar-refractivity contribution is 5.47. The van der Waals surface area contributed by atoms with Crippen LogP contribution in [0, 0.1) is 5.92 Å². The first-order valence-electron chi connectivity index (χ1n) is 12.4. The van der Waals surface area contributed by atoms with Gasteiger partial charge in [-0.2, -0.15) is 0 Å². The van der Waals surface area contributed by atoms with Crippen LogP contribution in [0.5, 0.6) is 0 Å². The van der Waals surface area contributed by atoms with Gasteiger partial charge in [0.15, 0.2) is 0 Å². The van der Waals surface area contributed by atoms with Crippen LogP contribution in [-0.4, -0.2) is 0 Å². The molecule has 0 aliphatic carbocycles. The molecule has 0 aliphatic rings. The fraction of sp³-hybridized carbons (Fsp3) is 0.533. The van der Waals surface area contributed by atoms with Crippen LogP contribution in [0.3, 0.4) is 0 Å². The van der Waals surface area contributed by atoms with Crippen LogP contribution in [0.2, 0.25) is 0 Å². The standard InChI is InChI=1S/C10H12.C10H14.C8H18.C2H6/c1-3-9-5-7-10(4-2)8-6-9;1-2-3-7-10-8-5-4-6-9-10;1-4-6-7-8(3)5-2;1-2/h3,5-8H,1,4H2,2H3;4-6,8-9H,2-3,7H2,1H3;8H,4-7H2,1-3H3;1-2H3. The summed E-state index contributed by atoms with van der Waals surface area (Å²) < 4.78 is 0. The lowest BCUT2D eigenvalue weighted by Crippen LogP contribution is -1.89. The molecule has 0 saturated heterocycles. The van der Waals surface area contributed by atoms with Crippen molar-refractivity contribution in [1.82, 2.24) is 0 Å². The zero-order valence-electron chi connectivity index (χ0n) is 21.2. The molecule has 0 aliphatic heterocycles. The van der Waals surface area contributed by atoms with Gasteiger partial charge >= 0.3 is 0 Å². The van der Waals surface area contributed by atoms with Gasteiger partial charge in [0, 0.05) is 0 Å². The van der Waals surface area contributed by atoms with E-state index < -0.39 is 0 Å². The van der Waals surface area contributed by atoms with Crippen LogP contribution in [0.15, 0.2) is 61.2 Å². The Hall–Kier alpha value is -1.82. The Morgan fingerprint density at radius 3 is 1.77 bits per heavy atom. The normalized spacial score (nSPS) is 10.2. The maximum Gasteiger partial charge on any atom is -0.0262 e. The summed E-state index contributed by atoms with van der Waals surface area (Å²) in [4.78, 5) is 0. The molecule has 0 amide bonds. The molecule has 170 valence electrons. The third-order valence-electron chi connectivity index (χ3n) is 5.03. The van der Waals surface area contributed by atoms with Crippen molar-refractivity contribution in [3.05, 3.63) is 77.9 Å². The third kappa shape index (κ3) is 18.2. The van der Waals surface area contributed by atoms with Crippen LogP contribution in [0.4, 0.5) is 0 Å². The van der Waals surface area contributed by atoms with Crippen molar-refractivity contribution in [3.8, 4) is 0 Å². The Kier molecular flexibility index (Phi) is 23.8. The fourth-order valence-corrected chi connectivity index (χ4v) is 2.67. The number of rotatable bonds is 9. The van der Waals surface area contributed by atoms with Crippen molar-refractivity contribution < 1.29 is 0 Å². The molecule has 2 aromatic carbocycles. The largest absolute Gasteiger partial charge is 0.0985 e. The molecule has 0 nitrogen and oxygen atoms in total. The summed E-state index contributed by atoms with van der Waals surface area (Å²) in [5.41, 5.74) is 4.03. The number of aryl methyl sites for hydroxylation is 2. The summed E-state index contributed by atoms with van der Waals surface area (Å²) in [7, 11) is 0. The molecule has 0 N–H and O–H groups in total. The third-order valence-corrected chi connectivity index (χ3v) is 5.03. The Labute approximate surface area is 189 Å². The smallest absolute Gasteiger partial charge is 0.0262 e. The maximum atomic E-state index is 3.69. The molecule has 0 heterocycles. The predicted molar refractivity (Wildman–Crippen MR) is 141 cm³/mol. The molecular weight excluding hydrogens is 360 g/mol. The monoisotopic (exact) mass is 410 g/mol. The van der Waals surface area contributed by atoms with Gasteiger partial charge in [-0.15, -0.1) is 0 Å². The highest BCUT2D eigenvalue weighted by atomic mass is 14.0. The van der Waals surface area contributed by atoms with Crippen molar-refractivity contribution in [2.45, 2.75) is 99.8 Å². The van der Waals surface area contributed by atoms with Gasteiger partial charge < -0.3 is 0 Å². The lowest BCUT2D eigenvalue weighted by molar-refractivity contribution is 0.492. The molecule has 1 atom stereocenters. The van der Waals surface area contributed by atoms with E-state index in [2.05, 4.69) is 95.8 Å². The lowest BCUT2D eigenvalue weighted by Gasteiger charge is -2.04. The second-order valence-corrected chi connectivity index (χ2v) is 7.54. The minimum atomic E-state index is 0.954. The Balaban J connectivity index is 0. The van der Waals surface area contributed by atoms with E-state index in [1.54, 1.807) is 0 Å². The van der Waals surface area contributed by atoms with Crippen molar-refractivity contribution >= 4 is 6.08 Å². The van der Waals surface area contributed by atoms with Gasteiger partial charge in [-0.25, -0.2) is 0 Å². The maximum absolute atomic E-state index is 3.69. The first-order valence-corrected chi connectivity index (χ1v) is 12.4. The van der Waals surface area contributed by atoms with Gasteiger partial charge in [0.25, 0.3) is 0 Å². The highest BCUT2D eigenvalue weighted by Crippen LogP contribution is 2.10. The van der Waals surface area contributed by atoms with Crippen molar-refractivity contribution in [3.63, 3.8) is 0 Å². The van der Waals surface area contributed by atoms with Gasteiger partial charge in [-0.3, -0.25) is 0 Å². The van der Waals surface area contributed by atoms with Crippen LogP contribution < -0.4 is 0 Å². The summed E-state index contributed by atoms with van der Waals surface area (Å²) in [5.74, 6) is 0.954. The first-order chi connectivity index (χ1) is 14.6. The zero-order valence-corrected chi connectivity index (χ0v) is 21.2. The molecular formula is C30H50. The van der Waals surface area contributed by atoms with E-state index in [4.69, 9.17) is 0 Å². The molecule has 2 rings (SSSR count). The summed E-state index contributed by atoms with van der Waals surface area (Å²) in [6, 6.07) is 19.1. The molecule has 0 fully saturated rings. The minimum absolute atomic E-state index is 0.954. The Morgan fingerprint density at radius 2 is 1.33 bits per heavy atom. The second kappa shape index (κ2) is 23.5. The molecule has 0 spiro atoms. The first kappa shape index (κ1) is 30.4. The fourth-order valence-electron chi connectivity index (χ4n) is 2.67. The van der Waals surface area contributed by atoms with Gasteiger partial charge in [0.2, 0.25) is 0 Å². The van der Waals surface area contributed by atoms with Gasteiger partial charge in [-0.1, -0.05) is 148 Å². The average molecular weight is 411 g/mol. The van der Waals surface area contributed by atoms with Crippen molar-refractivity contribution in [2.75, 3.05) is 0 Å². The number of hydrogen-bond acceptors (Lipinski definition) is 0. The van der Waals surface area contributed by atoms with Crippen LogP contribution >= 0.6 is 0 Å². The van der Waals surface area contributed by atoms with E-state index in [0.29, 0.717) is 0 Å². The SMILES string of the molecule is C=Cc1ccc(CC)cc1.CC.CCCCC(C)CC.CCCCc1ccccc1. The van der Waals surface area contributed by atoms with Gasteiger partial charge in [0.05, 0.1) is 0 Å². The molecule has 0 saturated carbocycles. The van der Waals surface area contributed by atoms with E-state index in [-0.39, 0.29) is 0 Å². The summed E-state index contributed by atoms with van der Waals surface area (Å²) in [5, 5.41) is 0. The van der Waals surface area contributed by atoms with E-state index in [9.17, 15) is 0 Å². The van der Waals surface area contributed by atoms with Crippen LogP contribution in [0.1, 0.15) is 104 Å². The highest BCUT2D eigenvalue weighted by Gasteiger charge is 1.94. The van der Waals surface area contributed by atoms with E-state index in [1.807, 2.05) is 19.9 Å². The van der Waals surface area contributed by atoms with E-state index in [1.165, 1.54) is 61.6 Å². The molecule has 0 radical (unpaired) electrons. The molecule has 1 unspecified atom stereocenters. The average Bonchev–Trinajstić information content (AvgIpc) is 2.84. The minimum Gasteiger partial charge on any atom is -0.0985 e. The number of unbranched alkanes of at least 4 members (excludes halogenated alkanes) is 2. The lowest BCUT2D eigenvalue weighted by atomic mass is 10.0. The van der Waals surface area contributed by atoms with Crippen LogP contribution in [0.25, 0.3) is 6.08 Å². The number of benzene rings is 2. The van der Waals surface area contributed by atoms with E-state index in [0.717, 1.165) is 12.3 Å². The van der Waals surface area contributed by atoms with Gasteiger partial charge in [0.1, 0.15) is 0 Å². The Morgan fingerprint density at radius 1 is 0.767 bits per heavy atom. The summed E-state index contributed by atoms with van der Waals surface area (Å²) in [6.07, 6.45) is 12.3.